The van der Waals surface area contributed by atoms with Crippen LogP contribution in [0.25, 0.3) is 0 Å². The Kier molecular flexibility index (Phi) is 8.68. The first-order valence-corrected chi connectivity index (χ1v) is 7.71. The van der Waals surface area contributed by atoms with Gasteiger partial charge in [0.1, 0.15) is 5.75 Å². The minimum Gasteiger partial charge on any atom is -0.492 e. The molecular weight excluding hydrogens is 258 g/mol. The molecule has 0 aromatic heterocycles. The molecule has 0 unspecified atom stereocenters. The van der Waals surface area contributed by atoms with Crippen LogP contribution in [0.3, 0.4) is 0 Å². The second-order valence-electron chi connectivity index (χ2n) is 4.95. The van der Waals surface area contributed by atoms with Gasteiger partial charge in [0.05, 0.1) is 11.6 Å². The third-order valence-corrected chi connectivity index (χ3v) is 3.33. The number of hydrogen-bond acceptors (Lipinski definition) is 2. The predicted molar refractivity (Wildman–Crippen MR) is 83.3 cm³/mol. The van der Waals surface area contributed by atoms with Crippen LogP contribution in [-0.4, -0.2) is 19.7 Å². The molecule has 0 fully saturated rings. The van der Waals surface area contributed by atoms with E-state index in [2.05, 4.69) is 12.2 Å². The summed E-state index contributed by atoms with van der Waals surface area (Å²) in [7, 11) is 0. The summed E-state index contributed by atoms with van der Waals surface area (Å²) in [5.41, 5.74) is 1.18. The summed E-state index contributed by atoms with van der Waals surface area (Å²) < 4.78 is 5.72. The summed E-state index contributed by atoms with van der Waals surface area (Å²) in [6, 6.07) is 5.89. The summed E-state index contributed by atoms with van der Waals surface area (Å²) in [4.78, 5) is 0. The molecule has 2 nitrogen and oxygen atoms in total. The Bertz CT molecular complexity index is 355. The molecule has 0 atom stereocenters. The average molecular weight is 284 g/mol. The Labute approximate surface area is 122 Å². The van der Waals surface area contributed by atoms with Crippen molar-refractivity contribution in [2.75, 3.05) is 19.7 Å². The minimum atomic E-state index is 0.703. The molecule has 1 N–H and O–H groups in total. The maximum atomic E-state index is 6.07. The van der Waals surface area contributed by atoms with Crippen LogP contribution in [0.5, 0.6) is 5.75 Å². The highest BCUT2D eigenvalue weighted by Gasteiger charge is 2.01. The lowest BCUT2D eigenvalue weighted by molar-refractivity contribution is 0.304. The lowest BCUT2D eigenvalue weighted by Crippen LogP contribution is -2.15. The molecule has 108 valence electrons. The second-order valence-corrected chi connectivity index (χ2v) is 5.35. The van der Waals surface area contributed by atoms with E-state index in [1.807, 2.05) is 25.1 Å². The second kappa shape index (κ2) is 10.1. The number of benzene rings is 1. The van der Waals surface area contributed by atoms with Crippen molar-refractivity contribution >= 4 is 11.6 Å². The third kappa shape index (κ3) is 7.44. The van der Waals surface area contributed by atoms with E-state index in [9.17, 15) is 0 Å². The van der Waals surface area contributed by atoms with E-state index in [1.54, 1.807) is 0 Å². The van der Waals surface area contributed by atoms with Gasteiger partial charge in [-0.15, -0.1) is 0 Å². The van der Waals surface area contributed by atoms with Gasteiger partial charge in [-0.1, -0.05) is 37.4 Å². The summed E-state index contributed by atoms with van der Waals surface area (Å²) in [5.74, 6) is 0.811. The molecule has 0 aliphatic heterocycles. The van der Waals surface area contributed by atoms with Crippen molar-refractivity contribution in [2.24, 2.45) is 0 Å². The van der Waals surface area contributed by atoms with Gasteiger partial charge in [-0.05, 0) is 57.0 Å². The minimum absolute atomic E-state index is 0.703. The van der Waals surface area contributed by atoms with Gasteiger partial charge in [0.15, 0.2) is 0 Å². The highest BCUT2D eigenvalue weighted by Crippen LogP contribution is 2.25. The zero-order valence-electron chi connectivity index (χ0n) is 12.2. The van der Waals surface area contributed by atoms with E-state index in [-0.39, 0.29) is 0 Å². The summed E-state index contributed by atoms with van der Waals surface area (Å²) in [5, 5.41) is 4.12. The van der Waals surface area contributed by atoms with Crippen molar-refractivity contribution in [3.8, 4) is 5.75 Å². The molecule has 1 rings (SSSR count). The molecule has 1 aromatic rings. The van der Waals surface area contributed by atoms with E-state index < -0.39 is 0 Å². The van der Waals surface area contributed by atoms with E-state index in [1.165, 1.54) is 31.2 Å². The zero-order valence-corrected chi connectivity index (χ0v) is 12.9. The molecule has 0 radical (unpaired) electrons. The maximum absolute atomic E-state index is 6.07. The van der Waals surface area contributed by atoms with Crippen LogP contribution in [0.2, 0.25) is 5.02 Å². The summed E-state index contributed by atoms with van der Waals surface area (Å²) in [6.07, 6.45) is 6.05. The average Bonchev–Trinajstić information content (AvgIpc) is 2.40. The van der Waals surface area contributed by atoms with Gasteiger partial charge in [0.2, 0.25) is 0 Å². The van der Waals surface area contributed by atoms with Gasteiger partial charge in [-0.25, -0.2) is 0 Å². The highest BCUT2D eigenvalue weighted by atomic mass is 35.5. The SMILES string of the molecule is CCCNCCCCCCOc1cc(C)ccc1Cl. The fourth-order valence-electron chi connectivity index (χ4n) is 1.91. The van der Waals surface area contributed by atoms with Crippen LogP contribution in [0, 0.1) is 6.92 Å². The molecule has 0 heterocycles. The quantitative estimate of drug-likeness (QED) is 0.634. The first-order valence-electron chi connectivity index (χ1n) is 7.33. The first-order chi connectivity index (χ1) is 9.24. The molecule has 0 amide bonds. The monoisotopic (exact) mass is 283 g/mol. The van der Waals surface area contributed by atoms with Gasteiger partial charge >= 0.3 is 0 Å². The Morgan fingerprint density at radius 1 is 1.11 bits per heavy atom. The Morgan fingerprint density at radius 2 is 1.89 bits per heavy atom. The third-order valence-electron chi connectivity index (χ3n) is 3.02. The molecule has 0 aliphatic rings. The van der Waals surface area contributed by atoms with Crippen molar-refractivity contribution in [2.45, 2.75) is 46.0 Å². The van der Waals surface area contributed by atoms with Gasteiger partial charge < -0.3 is 10.1 Å². The van der Waals surface area contributed by atoms with E-state index in [4.69, 9.17) is 16.3 Å². The van der Waals surface area contributed by atoms with Crippen LogP contribution in [-0.2, 0) is 0 Å². The van der Waals surface area contributed by atoms with E-state index in [0.29, 0.717) is 5.02 Å². The van der Waals surface area contributed by atoms with E-state index in [0.717, 1.165) is 31.9 Å². The van der Waals surface area contributed by atoms with Crippen LogP contribution < -0.4 is 10.1 Å². The lowest BCUT2D eigenvalue weighted by atomic mass is 10.2. The van der Waals surface area contributed by atoms with Crippen LogP contribution in [0.4, 0.5) is 0 Å². The van der Waals surface area contributed by atoms with Crippen molar-refractivity contribution in [3.63, 3.8) is 0 Å². The Balaban J connectivity index is 2.03. The van der Waals surface area contributed by atoms with Gasteiger partial charge in [0.25, 0.3) is 0 Å². The number of unbranched alkanes of at least 4 members (excludes halogenated alkanes) is 3. The Morgan fingerprint density at radius 3 is 2.68 bits per heavy atom. The molecule has 0 saturated heterocycles. The fraction of sp³-hybridized carbons (Fsp3) is 0.625. The zero-order chi connectivity index (χ0) is 13.9. The number of ether oxygens (including phenoxy) is 1. The fourth-order valence-corrected chi connectivity index (χ4v) is 2.08. The predicted octanol–water partition coefficient (Wildman–Crippen LogP) is 4.59. The number of halogens is 1. The molecule has 0 spiro atoms. The summed E-state index contributed by atoms with van der Waals surface area (Å²) in [6.45, 7) is 7.27. The standard InChI is InChI=1S/C16H26ClNO/c1-3-10-18-11-6-4-5-7-12-19-16-13-14(2)8-9-15(16)17/h8-9,13,18H,3-7,10-12H2,1-2H3. The van der Waals surface area contributed by atoms with Gasteiger partial charge in [0, 0.05) is 0 Å². The molecule has 0 bridgehead atoms. The lowest BCUT2D eigenvalue weighted by Gasteiger charge is -2.08. The molecule has 19 heavy (non-hydrogen) atoms. The van der Waals surface area contributed by atoms with Crippen molar-refractivity contribution in [1.29, 1.82) is 0 Å². The smallest absolute Gasteiger partial charge is 0.138 e. The van der Waals surface area contributed by atoms with Crippen LogP contribution >= 0.6 is 11.6 Å². The number of nitrogens with one attached hydrogen (secondary N) is 1. The van der Waals surface area contributed by atoms with Gasteiger partial charge in [-0.3, -0.25) is 0 Å². The normalized spacial score (nSPS) is 10.7. The molecular formula is C16H26ClNO. The topological polar surface area (TPSA) is 21.3 Å². The highest BCUT2D eigenvalue weighted by molar-refractivity contribution is 6.32. The Hall–Kier alpha value is -0.730. The largest absolute Gasteiger partial charge is 0.492 e. The van der Waals surface area contributed by atoms with Crippen molar-refractivity contribution in [3.05, 3.63) is 28.8 Å². The van der Waals surface area contributed by atoms with Crippen molar-refractivity contribution < 1.29 is 4.74 Å². The number of rotatable bonds is 10. The number of aryl methyl sites for hydroxylation is 1. The molecule has 1 aromatic carbocycles. The number of hydrogen-bond donors (Lipinski definition) is 1. The first kappa shape index (κ1) is 16.3. The van der Waals surface area contributed by atoms with E-state index >= 15 is 0 Å². The molecule has 0 aliphatic carbocycles. The molecule has 0 saturated carbocycles. The summed E-state index contributed by atoms with van der Waals surface area (Å²) >= 11 is 6.07. The maximum Gasteiger partial charge on any atom is 0.138 e. The van der Waals surface area contributed by atoms with Crippen LogP contribution in [0.15, 0.2) is 18.2 Å². The van der Waals surface area contributed by atoms with Crippen molar-refractivity contribution in [1.82, 2.24) is 5.32 Å². The van der Waals surface area contributed by atoms with Crippen LogP contribution in [0.1, 0.15) is 44.6 Å². The van der Waals surface area contributed by atoms with Gasteiger partial charge in [-0.2, -0.15) is 0 Å². The molecule has 3 heteroatoms.